The van der Waals surface area contributed by atoms with Gasteiger partial charge in [-0.25, -0.2) is 0 Å². The number of ether oxygens (including phenoxy) is 2. The van der Waals surface area contributed by atoms with Gasteiger partial charge in [-0.15, -0.1) is 0 Å². The van der Waals surface area contributed by atoms with Gasteiger partial charge in [-0.2, -0.15) is 0 Å². The highest BCUT2D eigenvalue weighted by molar-refractivity contribution is 6.32. The Kier molecular flexibility index (Phi) is 7.75. The molecule has 0 saturated carbocycles. The molecule has 0 aliphatic carbocycles. The van der Waals surface area contributed by atoms with Crippen LogP contribution in [0.1, 0.15) is 5.56 Å². The second kappa shape index (κ2) is 10.5. The first kappa shape index (κ1) is 21.4. The fraction of sp³-hybridized carbons (Fsp3) is 0.409. The molecule has 6 nitrogen and oxygen atoms in total. The Bertz CT molecular complexity index is 823. The van der Waals surface area contributed by atoms with Crippen molar-refractivity contribution in [3.05, 3.63) is 53.1 Å². The molecule has 1 aliphatic rings. The molecule has 7 heteroatoms. The summed E-state index contributed by atoms with van der Waals surface area (Å²) >= 11 is 6.11. The van der Waals surface area contributed by atoms with E-state index in [0.717, 1.165) is 44.0 Å². The van der Waals surface area contributed by atoms with Crippen molar-refractivity contribution >= 4 is 23.2 Å². The molecule has 3 rings (SSSR count). The molecule has 1 saturated heterocycles. The van der Waals surface area contributed by atoms with Crippen LogP contribution in [0.15, 0.2) is 42.5 Å². The van der Waals surface area contributed by atoms with Crippen LogP contribution in [0.3, 0.4) is 0 Å². The van der Waals surface area contributed by atoms with Crippen molar-refractivity contribution in [1.29, 1.82) is 0 Å². The first-order valence-corrected chi connectivity index (χ1v) is 10.2. The van der Waals surface area contributed by atoms with Crippen molar-refractivity contribution in [2.45, 2.75) is 6.92 Å². The van der Waals surface area contributed by atoms with Crippen LogP contribution in [0.5, 0.6) is 11.5 Å². The standard InChI is InChI=1S/C22H28ClN3O3/c1-17-7-8-21(28-2)19(15-17)24-22(27)16-26-11-9-25(10-12-26)13-14-29-20-6-4-3-5-18(20)23/h3-8,15H,9-14,16H2,1-2H3,(H,24,27). The molecule has 0 radical (unpaired) electrons. The largest absolute Gasteiger partial charge is 0.495 e. The normalized spacial score (nSPS) is 15.1. The molecule has 2 aromatic carbocycles. The molecule has 29 heavy (non-hydrogen) atoms. The Morgan fingerprint density at radius 1 is 1.07 bits per heavy atom. The van der Waals surface area contributed by atoms with E-state index in [-0.39, 0.29) is 5.91 Å². The Labute approximate surface area is 177 Å². The monoisotopic (exact) mass is 417 g/mol. The first-order valence-electron chi connectivity index (χ1n) is 9.81. The van der Waals surface area contributed by atoms with Gasteiger partial charge in [0.1, 0.15) is 18.1 Å². The maximum absolute atomic E-state index is 12.4. The zero-order valence-electron chi connectivity index (χ0n) is 17.0. The van der Waals surface area contributed by atoms with E-state index in [1.807, 2.05) is 49.4 Å². The molecule has 0 spiro atoms. The summed E-state index contributed by atoms with van der Waals surface area (Å²) in [6, 6.07) is 13.3. The SMILES string of the molecule is COc1ccc(C)cc1NC(=O)CN1CCN(CCOc2ccccc2Cl)CC1. The van der Waals surface area contributed by atoms with Crippen LogP contribution in [0.2, 0.25) is 5.02 Å². The molecule has 1 amide bonds. The minimum atomic E-state index is -0.0237. The van der Waals surface area contributed by atoms with Crippen molar-refractivity contribution in [2.75, 3.05) is 58.3 Å². The van der Waals surface area contributed by atoms with Crippen LogP contribution in [0.4, 0.5) is 5.69 Å². The van der Waals surface area contributed by atoms with E-state index >= 15 is 0 Å². The molecule has 156 valence electrons. The third-order valence-electron chi connectivity index (χ3n) is 4.96. The maximum Gasteiger partial charge on any atom is 0.238 e. The third kappa shape index (κ3) is 6.35. The summed E-state index contributed by atoms with van der Waals surface area (Å²) in [6.45, 7) is 7.32. The molecule has 1 heterocycles. The molecular formula is C22H28ClN3O3. The van der Waals surface area contributed by atoms with E-state index < -0.39 is 0 Å². The Hall–Kier alpha value is -2.28. The number of piperazine rings is 1. The van der Waals surface area contributed by atoms with Gasteiger partial charge in [0.25, 0.3) is 0 Å². The van der Waals surface area contributed by atoms with Crippen molar-refractivity contribution in [2.24, 2.45) is 0 Å². The zero-order chi connectivity index (χ0) is 20.6. The van der Waals surface area contributed by atoms with Crippen LogP contribution >= 0.6 is 11.6 Å². The van der Waals surface area contributed by atoms with Crippen LogP contribution in [-0.4, -0.2) is 68.7 Å². The molecule has 2 aromatic rings. The number of benzene rings is 2. The molecule has 1 aliphatic heterocycles. The smallest absolute Gasteiger partial charge is 0.238 e. The number of nitrogens with one attached hydrogen (secondary N) is 1. The number of halogens is 1. The summed E-state index contributed by atoms with van der Waals surface area (Å²) < 4.78 is 11.1. The van der Waals surface area contributed by atoms with E-state index in [4.69, 9.17) is 21.1 Å². The maximum atomic E-state index is 12.4. The van der Waals surface area contributed by atoms with Gasteiger partial charge in [0, 0.05) is 32.7 Å². The third-order valence-corrected chi connectivity index (χ3v) is 5.28. The number of carbonyl (C=O) groups is 1. The topological polar surface area (TPSA) is 54.0 Å². The zero-order valence-corrected chi connectivity index (χ0v) is 17.7. The van der Waals surface area contributed by atoms with Crippen molar-refractivity contribution in [1.82, 2.24) is 9.80 Å². The Balaban J connectivity index is 1.39. The van der Waals surface area contributed by atoms with E-state index in [9.17, 15) is 4.79 Å². The van der Waals surface area contributed by atoms with Crippen LogP contribution < -0.4 is 14.8 Å². The van der Waals surface area contributed by atoms with E-state index in [0.29, 0.717) is 29.6 Å². The molecule has 1 N–H and O–H groups in total. The van der Waals surface area contributed by atoms with Crippen LogP contribution in [0.25, 0.3) is 0 Å². The molecule has 0 unspecified atom stereocenters. The molecule has 0 atom stereocenters. The number of nitrogens with zero attached hydrogens (tertiary/aromatic N) is 2. The highest BCUT2D eigenvalue weighted by atomic mass is 35.5. The van der Waals surface area contributed by atoms with Gasteiger partial charge in [-0.3, -0.25) is 14.6 Å². The lowest BCUT2D eigenvalue weighted by atomic mass is 10.2. The summed E-state index contributed by atoms with van der Waals surface area (Å²) in [7, 11) is 1.61. The summed E-state index contributed by atoms with van der Waals surface area (Å²) in [6.07, 6.45) is 0. The summed E-state index contributed by atoms with van der Waals surface area (Å²) in [5, 5.41) is 3.60. The average molecular weight is 418 g/mol. The van der Waals surface area contributed by atoms with Gasteiger partial charge in [-0.05, 0) is 36.8 Å². The second-order valence-corrected chi connectivity index (χ2v) is 7.56. The minimum absolute atomic E-state index is 0.0237. The van der Waals surface area contributed by atoms with Crippen molar-refractivity contribution < 1.29 is 14.3 Å². The van der Waals surface area contributed by atoms with Gasteiger partial charge in [0.2, 0.25) is 5.91 Å². The number of methoxy groups -OCH3 is 1. The number of amides is 1. The molecule has 1 fully saturated rings. The number of hydrogen-bond donors (Lipinski definition) is 1. The summed E-state index contributed by atoms with van der Waals surface area (Å²) in [4.78, 5) is 17.0. The van der Waals surface area contributed by atoms with E-state index in [1.165, 1.54) is 0 Å². The van der Waals surface area contributed by atoms with Crippen LogP contribution in [0, 0.1) is 6.92 Å². The number of aryl methyl sites for hydroxylation is 1. The van der Waals surface area contributed by atoms with Gasteiger partial charge in [-0.1, -0.05) is 29.8 Å². The second-order valence-electron chi connectivity index (χ2n) is 7.15. The highest BCUT2D eigenvalue weighted by Crippen LogP contribution is 2.25. The summed E-state index contributed by atoms with van der Waals surface area (Å²) in [5.41, 5.74) is 1.79. The number of anilines is 1. The number of para-hydroxylation sites is 1. The lowest BCUT2D eigenvalue weighted by molar-refractivity contribution is -0.117. The lowest BCUT2D eigenvalue weighted by Crippen LogP contribution is -2.49. The average Bonchev–Trinajstić information content (AvgIpc) is 2.71. The fourth-order valence-electron chi connectivity index (χ4n) is 3.33. The summed E-state index contributed by atoms with van der Waals surface area (Å²) in [5.74, 6) is 1.37. The number of carbonyl (C=O) groups excluding carboxylic acids is 1. The molecular weight excluding hydrogens is 390 g/mol. The van der Waals surface area contributed by atoms with Crippen LogP contribution in [-0.2, 0) is 4.79 Å². The molecule has 0 aromatic heterocycles. The Morgan fingerprint density at radius 3 is 2.52 bits per heavy atom. The van der Waals surface area contributed by atoms with E-state index in [2.05, 4.69) is 15.1 Å². The first-order chi connectivity index (χ1) is 14.0. The quantitative estimate of drug-likeness (QED) is 0.714. The Morgan fingerprint density at radius 2 is 1.79 bits per heavy atom. The molecule has 0 bridgehead atoms. The van der Waals surface area contributed by atoms with E-state index in [1.54, 1.807) is 7.11 Å². The predicted molar refractivity (Wildman–Crippen MR) is 116 cm³/mol. The van der Waals surface area contributed by atoms with Crippen molar-refractivity contribution in [3.8, 4) is 11.5 Å². The van der Waals surface area contributed by atoms with Gasteiger partial charge in [0.15, 0.2) is 0 Å². The highest BCUT2D eigenvalue weighted by Gasteiger charge is 2.19. The minimum Gasteiger partial charge on any atom is -0.495 e. The lowest BCUT2D eigenvalue weighted by Gasteiger charge is -2.34. The number of rotatable bonds is 8. The van der Waals surface area contributed by atoms with Gasteiger partial charge in [0.05, 0.1) is 24.4 Å². The predicted octanol–water partition coefficient (Wildman–Crippen LogP) is 3.29. The fourth-order valence-corrected chi connectivity index (χ4v) is 3.52. The van der Waals surface area contributed by atoms with Gasteiger partial charge >= 0.3 is 0 Å². The van der Waals surface area contributed by atoms with Gasteiger partial charge < -0.3 is 14.8 Å². The van der Waals surface area contributed by atoms with Crippen molar-refractivity contribution in [3.63, 3.8) is 0 Å². The number of hydrogen-bond acceptors (Lipinski definition) is 5.